The van der Waals surface area contributed by atoms with Crippen LogP contribution < -0.4 is 16.1 Å². The number of rotatable bonds is 15. The lowest BCUT2D eigenvalue weighted by Crippen LogP contribution is -2.35. The zero-order valence-electron chi connectivity index (χ0n) is 22.7. The Morgan fingerprint density at radius 3 is 2.50 bits per heavy atom. The summed E-state index contributed by atoms with van der Waals surface area (Å²) in [6.07, 6.45) is 6.89. The molecule has 1 heterocycles. The molecule has 0 saturated heterocycles. The average molecular weight is 559 g/mol. The van der Waals surface area contributed by atoms with Crippen molar-refractivity contribution in [3.05, 3.63) is 41.7 Å². The molecular formula is C27H38N6O7. The first kappa shape index (κ1) is 30.7. The van der Waals surface area contributed by atoms with Gasteiger partial charge in [0, 0.05) is 31.0 Å². The molecule has 0 aliphatic heterocycles. The first-order valence-electron chi connectivity index (χ1n) is 13.5. The fourth-order valence-electron chi connectivity index (χ4n) is 4.83. The van der Waals surface area contributed by atoms with Gasteiger partial charge >= 0.3 is 5.97 Å². The van der Waals surface area contributed by atoms with Crippen molar-refractivity contribution >= 4 is 29.4 Å². The van der Waals surface area contributed by atoms with Gasteiger partial charge < -0.3 is 20.5 Å². The molecule has 0 radical (unpaired) electrons. The summed E-state index contributed by atoms with van der Waals surface area (Å²) in [5.41, 5.74) is 3.12. The number of unbranched alkanes of at least 4 members (excludes halogenated alkanes) is 1. The van der Waals surface area contributed by atoms with E-state index < -0.39 is 23.9 Å². The van der Waals surface area contributed by atoms with Gasteiger partial charge in [-0.1, -0.05) is 43.0 Å². The number of aliphatic hydroxyl groups excluding tert-OH is 1. The number of hydrogen-bond acceptors (Lipinski definition) is 9. The van der Waals surface area contributed by atoms with E-state index in [2.05, 4.69) is 25.7 Å². The van der Waals surface area contributed by atoms with Crippen molar-refractivity contribution in [2.45, 2.75) is 77.0 Å². The number of ether oxygens (including phenoxy) is 1. The third-order valence-corrected chi connectivity index (χ3v) is 7.03. The third-order valence-electron chi connectivity index (χ3n) is 7.03. The summed E-state index contributed by atoms with van der Waals surface area (Å²) in [6.45, 7) is 0.730. The number of aromatic nitrogens is 3. The third kappa shape index (κ3) is 9.72. The highest BCUT2D eigenvalue weighted by Crippen LogP contribution is 2.31. The summed E-state index contributed by atoms with van der Waals surface area (Å²) >= 11 is 0. The van der Waals surface area contributed by atoms with Crippen LogP contribution in [0.1, 0.15) is 75.1 Å². The standard InChI is InChI=1S/C27H38N6O7/c1-40-27(38)25(36)19-9-11-21(12-10-19)29-23(34)8-4-5-13-33-17-22(30-32-33)16-28-26(37)20(15-24(35)31-39)14-18-6-2-3-7-18/h9-12,17-18,20,25,36,39H,2-8,13-16H2,1H3,(H,28,37)(H,29,34)(H,31,35). The molecule has 218 valence electrons. The zero-order chi connectivity index (χ0) is 28.9. The van der Waals surface area contributed by atoms with Crippen LogP contribution in [-0.2, 0) is 37.0 Å². The summed E-state index contributed by atoms with van der Waals surface area (Å²) in [4.78, 5) is 48.1. The van der Waals surface area contributed by atoms with Gasteiger partial charge in [0.15, 0.2) is 6.10 Å². The molecule has 2 aromatic rings. The van der Waals surface area contributed by atoms with E-state index in [9.17, 15) is 24.3 Å². The minimum Gasteiger partial charge on any atom is -0.467 e. The van der Waals surface area contributed by atoms with Crippen LogP contribution >= 0.6 is 0 Å². The number of nitrogens with zero attached hydrogens (tertiary/aromatic N) is 3. The van der Waals surface area contributed by atoms with E-state index in [0.717, 1.165) is 25.7 Å². The number of carbonyl (C=O) groups excluding carboxylic acids is 4. The molecule has 1 aromatic heterocycles. The van der Waals surface area contributed by atoms with Crippen LogP contribution in [0.2, 0.25) is 0 Å². The average Bonchev–Trinajstić information content (AvgIpc) is 3.65. The van der Waals surface area contributed by atoms with Crippen LogP contribution in [0.5, 0.6) is 0 Å². The van der Waals surface area contributed by atoms with Gasteiger partial charge in [0.2, 0.25) is 17.7 Å². The molecule has 40 heavy (non-hydrogen) atoms. The van der Waals surface area contributed by atoms with Crippen molar-refractivity contribution in [1.29, 1.82) is 0 Å². The molecule has 2 atom stereocenters. The summed E-state index contributed by atoms with van der Waals surface area (Å²) in [5, 5.41) is 32.5. The SMILES string of the molecule is COC(=O)C(O)c1ccc(NC(=O)CCCCn2cc(CNC(=O)C(CC(=O)NO)CC3CCCC3)nn2)cc1. The van der Waals surface area contributed by atoms with Crippen LogP contribution in [0.3, 0.4) is 0 Å². The number of benzene rings is 1. The molecule has 13 heteroatoms. The first-order valence-corrected chi connectivity index (χ1v) is 13.5. The Morgan fingerprint density at radius 2 is 1.82 bits per heavy atom. The number of methoxy groups -OCH3 is 1. The Bertz CT molecular complexity index is 1130. The smallest absolute Gasteiger partial charge is 0.339 e. The Morgan fingerprint density at radius 1 is 1.10 bits per heavy atom. The molecule has 3 rings (SSSR count). The molecule has 0 bridgehead atoms. The molecule has 1 aliphatic rings. The second-order valence-corrected chi connectivity index (χ2v) is 10.1. The number of aryl methyl sites for hydroxylation is 1. The maximum atomic E-state index is 12.8. The monoisotopic (exact) mass is 558 g/mol. The molecule has 13 nitrogen and oxygen atoms in total. The zero-order valence-corrected chi connectivity index (χ0v) is 22.7. The van der Waals surface area contributed by atoms with Crippen molar-refractivity contribution in [3.63, 3.8) is 0 Å². The van der Waals surface area contributed by atoms with E-state index in [-0.39, 0.29) is 24.8 Å². The lowest BCUT2D eigenvalue weighted by atomic mass is 9.90. The summed E-state index contributed by atoms with van der Waals surface area (Å²) < 4.78 is 6.16. The molecule has 3 amide bonds. The normalized spacial score (nSPS) is 14.8. The van der Waals surface area contributed by atoms with Gasteiger partial charge in [-0.2, -0.15) is 0 Å². The second-order valence-electron chi connectivity index (χ2n) is 10.1. The van der Waals surface area contributed by atoms with Crippen molar-refractivity contribution in [2.24, 2.45) is 11.8 Å². The van der Waals surface area contributed by atoms with Gasteiger partial charge in [-0.25, -0.2) is 10.3 Å². The molecule has 5 N–H and O–H groups in total. The Labute approximate surface area is 232 Å². The summed E-state index contributed by atoms with van der Waals surface area (Å²) in [6, 6.07) is 6.30. The van der Waals surface area contributed by atoms with Crippen LogP contribution in [0.25, 0.3) is 0 Å². The predicted molar refractivity (Wildman–Crippen MR) is 142 cm³/mol. The Hall–Kier alpha value is -3.84. The Kier molecular flexibility index (Phi) is 12.0. The molecule has 2 unspecified atom stereocenters. The maximum Gasteiger partial charge on any atom is 0.339 e. The van der Waals surface area contributed by atoms with Crippen LogP contribution in [-0.4, -0.2) is 56.1 Å². The van der Waals surface area contributed by atoms with Gasteiger partial charge in [0.05, 0.1) is 19.9 Å². The number of hydrogen-bond donors (Lipinski definition) is 5. The second kappa shape index (κ2) is 15.7. The minimum absolute atomic E-state index is 0.0665. The minimum atomic E-state index is -1.37. The number of amides is 3. The molecule has 1 aromatic carbocycles. The van der Waals surface area contributed by atoms with Crippen LogP contribution in [0.4, 0.5) is 5.69 Å². The van der Waals surface area contributed by atoms with Gasteiger partial charge in [-0.3, -0.25) is 24.3 Å². The first-order chi connectivity index (χ1) is 19.3. The number of nitrogens with one attached hydrogen (secondary N) is 3. The molecular weight excluding hydrogens is 520 g/mol. The lowest BCUT2D eigenvalue weighted by Gasteiger charge is -2.19. The van der Waals surface area contributed by atoms with Gasteiger partial charge in [-0.15, -0.1) is 5.10 Å². The van der Waals surface area contributed by atoms with Crippen molar-refractivity contribution in [1.82, 2.24) is 25.8 Å². The van der Waals surface area contributed by atoms with Crippen molar-refractivity contribution in [2.75, 3.05) is 12.4 Å². The van der Waals surface area contributed by atoms with E-state index >= 15 is 0 Å². The summed E-state index contributed by atoms with van der Waals surface area (Å²) in [5.74, 6) is -1.84. The molecule has 1 saturated carbocycles. The highest BCUT2D eigenvalue weighted by Gasteiger charge is 2.27. The number of hydroxylamine groups is 1. The van der Waals surface area contributed by atoms with Crippen LogP contribution in [0, 0.1) is 11.8 Å². The molecule has 1 fully saturated rings. The van der Waals surface area contributed by atoms with Gasteiger partial charge in [0.1, 0.15) is 5.69 Å². The highest BCUT2D eigenvalue weighted by atomic mass is 16.5. The fraction of sp³-hybridized carbons (Fsp3) is 0.556. The topological polar surface area (TPSA) is 185 Å². The molecule has 0 spiro atoms. The highest BCUT2D eigenvalue weighted by molar-refractivity contribution is 5.90. The van der Waals surface area contributed by atoms with E-state index in [1.807, 2.05) is 0 Å². The molecule has 1 aliphatic carbocycles. The lowest BCUT2D eigenvalue weighted by molar-refractivity contribution is -0.150. The maximum absolute atomic E-state index is 12.8. The quantitative estimate of drug-likeness (QED) is 0.0944. The predicted octanol–water partition coefficient (Wildman–Crippen LogP) is 2.00. The number of carbonyl (C=O) groups is 4. The largest absolute Gasteiger partial charge is 0.467 e. The fourth-order valence-corrected chi connectivity index (χ4v) is 4.83. The van der Waals surface area contributed by atoms with E-state index in [1.165, 1.54) is 7.11 Å². The number of anilines is 1. The van der Waals surface area contributed by atoms with Gasteiger partial charge in [0.25, 0.3) is 0 Å². The summed E-state index contributed by atoms with van der Waals surface area (Å²) in [7, 11) is 1.19. The number of aliphatic hydroxyl groups is 1. The van der Waals surface area contributed by atoms with Crippen LogP contribution in [0.15, 0.2) is 30.5 Å². The van der Waals surface area contributed by atoms with E-state index in [4.69, 9.17) is 5.21 Å². The Balaban J connectivity index is 1.36. The van der Waals surface area contributed by atoms with Gasteiger partial charge in [-0.05, 0) is 42.9 Å². The number of esters is 1. The van der Waals surface area contributed by atoms with E-state index in [1.54, 1.807) is 40.6 Å². The van der Waals surface area contributed by atoms with Crippen molar-refractivity contribution in [3.8, 4) is 0 Å². The van der Waals surface area contributed by atoms with E-state index in [0.29, 0.717) is 55.1 Å². The van der Waals surface area contributed by atoms with Crippen molar-refractivity contribution < 1.29 is 34.2 Å².